The molecule has 18 heavy (non-hydrogen) atoms. The Labute approximate surface area is 121 Å². The van der Waals surface area contributed by atoms with E-state index in [9.17, 15) is 4.79 Å². The predicted octanol–water partition coefficient (Wildman–Crippen LogP) is 4.85. The van der Waals surface area contributed by atoms with Gasteiger partial charge in [0.25, 0.3) is 0 Å². The quantitative estimate of drug-likeness (QED) is 0.806. The first-order valence-electron chi connectivity index (χ1n) is 4.90. The van der Waals surface area contributed by atoms with Crippen LogP contribution in [0.25, 0.3) is 11.3 Å². The molecule has 0 aliphatic rings. The van der Waals surface area contributed by atoms with Crippen LogP contribution in [0, 0.1) is 0 Å². The van der Waals surface area contributed by atoms with Gasteiger partial charge in [-0.25, -0.2) is 4.79 Å². The second-order valence-electron chi connectivity index (χ2n) is 3.51. The van der Waals surface area contributed by atoms with Gasteiger partial charge in [-0.2, -0.15) is 0 Å². The summed E-state index contributed by atoms with van der Waals surface area (Å²) in [5, 5.41) is 10.3. The van der Waals surface area contributed by atoms with Crippen LogP contribution in [0.5, 0.6) is 0 Å². The van der Waals surface area contributed by atoms with Crippen LogP contribution in [0.4, 0.5) is 0 Å². The monoisotopic (exact) mass is 348 g/mol. The van der Waals surface area contributed by atoms with Gasteiger partial charge >= 0.3 is 5.97 Å². The molecule has 1 N–H and O–H groups in total. The summed E-state index contributed by atoms with van der Waals surface area (Å²) in [6, 6.07) is 6.38. The Balaban J connectivity index is 2.54. The van der Waals surface area contributed by atoms with Crippen molar-refractivity contribution in [1.82, 2.24) is 0 Å². The van der Waals surface area contributed by atoms with E-state index in [-0.39, 0.29) is 5.56 Å². The fraction of sp³-hybridized carbons (Fsp3) is 0.0833. The van der Waals surface area contributed by atoms with Crippen LogP contribution in [0.1, 0.15) is 16.1 Å². The molecule has 0 aliphatic carbocycles. The molecule has 0 atom stereocenters. The second kappa shape index (κ2) is 5.34. The molecule has 0 bridgehead atoms. The predicted molar refractivity (Wildman–Crippen MR) is 73.8 cm³/mol. The van der Waals surface area contributed by atoms with Crippen LogP contribution in [0.2, 0.25) is 10.0 Å². The molecule has 0 amide bonds. The second-order valence-corrected chi connectivity index (χ2v) is 4.91. The molecule has 0 unspecified atom stereocenters. The number of benzene rings is 1. The Morgan fingerprint density at radius 2 is 2.06 bits per heavy atom. The normalized spacial score (nSPS) is 10.6. The lowest BCUT2D eigenvalue weighted by Crippen LogP contribution is -1.96. The van der Waals surface area contributed by atoms with Crippen molar-refractivity contribution in [2.75, 3.05) is 0 Å². The highest BCUT2D eigenvalue weighted by Crippen LogP contribution is 2.33. The van der Waals surface area contributed by atoms with Crippen LogP contribution in [-0.4, -0.2) is 11.1 Å². The lowest BCUT2D eigenvalue weighted by molar-refractivity contribution is 0.0695. The summed E-state index contributed by atoms with van der Waals surface area (Å²) < 4.78 is 5.48. The molecule has 0 aliphatic heterocycles. The third-order valence-electron chi connectivity index (χ3n) is 2.36. The average Bonchev–Trinajstić information content (AvgIpc) is 2.73. The van der Waals surface area contributed by atoms with Gasteiger partial charge in [0.15, 0.2) is 0 Å². The SMILES string of the molecule is O=C(O)c1cc(-c2ccc(Cl)cc2Cl)oc1CBr. The molecule has 6 heteroatoms. The zero-order chi connectivity index (χ0) is 13.3. The van der Waals surface area contributed by atoms with E-state index >= 15 is 0 Å². The third-order valence-corrected chi connectivity index (χ3v) is 3.41. The highest BCUT2D eigenvalue weighted by atomic mass is 79.9. The molecular formula is C12H7BrCl2O3. The first kappa shape index (κ1) is 13.5. The number of furan rings is 1. The molecule has 0 spiro atoms. The first-order chi connectivity index (χ1) is 8.52. The number of carboxylic acids is 1. The Morgan fingerprint density at radius 3 is 2.56 bits per heavy atom. The van der Waals surface area contributed by atoms with E-state index in [1.165, 1.54) is 6.07 Å². The van der Waals surface area contributed by atoms with Crippen LogP contribution in [0.3, 0.4) is 0 Å². The van der Waals surface area contributed by atoms with E-state index in [4.69, 9.17) is 32.7 Å². The molecule has 2 rings (SSSR count). The fourth-order valence-electron chi connectivity index (χ4n) is 1.53. The fourth-order valence-corrected chi connectivity index (χ4v) is 2.45. The summed E-state index contributed by atoms with van der Waals surface area (Å²) in [4.78, 5) is 11.0. The number of halogens is 3. The minimum absolute atomic E-state index is 0.118. The van der Waals surface area contributed by atoms with Crippen molar-refractivity contribution in [1.29, 1.82) is 0 Å². The van der Waals surface area contributed by atoms with Gasteiger partial charge in [-0.3, -0.25) is 0 Å². The topological polar surface area (TPSA) is 50.4 Å². The molecule has 94 valence electrons. The molecule has 0 radical (unpaired) electrons. The number of carboxylic acid groups (broad SMARTS) is 1. The number of rotatable bonds is 3. The van der Waals surface area contributed by atoms with Crippen LogP contribution < -0.4 is 0 Å². The van der Waals surface area contributed by atoms with Crippen molar-refractivity contribution in [3.8, 4) is 11.3 Å². The summed E-state index contributed by atoms with van der Waals surface area (Å²) in [7, 11) is 0. The number of aromatic carboxylic acids is 1. The maximum absolute atomic E-state index is 11.0. The molecule has 1 aromatic heterocycles. The minimum Gasteiger partial charge on any atom is -0.478 e. The maximum Gasteiger partial charge on any atom is 0.339 e. The lowest BCUT2D eigenvalue weighted by Gasteiger charge is -2.00. The smallest absolute Gasteiger partial charge is 0.339 e. The van der Waals surface area contributed by atoms with Crippen molar-refractivity contribution in [2.24, 2.45) is 0 Å². The van der Waals surface area contributed by atoms with E-state index < -0.39 is 5.97 Å². The van der Waals surface area contributed by atoms with E-state index in [0.717, 1.165) is 0 Å². The van der Waals surface area contributed by atoms with Crippen molar-refractivity contribution < 1.29 is 14.3 Å². The Hall–Kier alpha value is -0.970. The molecule has 0 saturated heterocycles. The summed E-state index contributed by atoms with van der Waals surface area (Å²) >= 11 is 15.0. The number of hydrogen-bond acceptors (Lipinski definition) is 2. The van der Waals surface area contributed by atoms with Gasteiger partial charge < -0.3 is 9.52 Å². The molecule has 3 nitrogen and oxygen atoms in total. The van der Waals surface area contributed by atoms with E-state index in [0.29, 0.717) is 32.5 Å². The van der Waals surface area contributed by atoms with Crippen molar-refractivity contribution >= 4 is 45.1 Å². The average molecular weight is 350 g/mol. The van der Waals surface area contributed by atoms with Crippen molar-refractivity contribution in [2.45, 2.75) is 5.33 Å². The van der Waals surface area contributed by atoms with Gasteiger partial charge in [0.2, 0.25) is 0 Å². The first-order valence-corrected chi connectivity index (χ1v) is 6.78. The van der Waals surface area contributed by atoms with Crippen molar-refractivity contribution in [3.05, 3.63) is 45.6 Å². The Kier molecular flexibility index (Phi) is 4.00. The van der Waals surface area contributed by atoms with Crippen LogP contribution in [-0.2, 0) is 5.33 Å². The standard InChI is InChI=1S/C12H7BrCl2O3/c13-5-11-8(12(16)17)4-10(18-11)7-2-1-6(14)3-9(7)15/h1-4H,5H2,(H,16,17). The van der Waals surface area contributed by atoms with Gasteiger partial charge in [0.1, 0.15) is 17.1 Å². The molecule has 1 aromatic carbocycles. The number of carbonyl (C=O) groups is 1. The van der Waals surface area contributed by atoms with Crippen molar-refractivity contribution in [3.63, 3.8) is 0 Å². The summed E-state index contributed by atoms with van der Waals surface area (Å²) in [6.07, 6.45) is 0. The Morgan fingerprint density at radius 1 is 1.33 bits per heavy atom. The molecule has 0 fully saturated rings. The van der Waals surface area contributed by atoms with Crippen LogP contribution >= 0.6 is 39.1 Å². The van der Waals surface area contributed by atoms with Crippen LogP contribution in [0.15, 0.2) is 28.7 Å². The minimum atomic E-state index is -1.04. The summed E-state index contributed by atoms with van der Waals surface area (Å²) in [6.45, 7) is 0. The van der Waals surface area contributed by atoms with Gasteiger partial charge in [-0.05, 0) is 24.3 Å². The molecule has 0 saturated carbocycles. The Bertz CT molecular complexity index is 607. The van der Waals surface area contributed by atoms with Gasteiger partial charge in [-0.1, -0.05) is 39.1 Å². The lowest BCUT2D eigenvalue weighted by atomic mass is 10.1. The number of hydrogen-bond donors (Lipinski definition) is 1. The third kappa shape index (κ3) is 2.55. The van der Waals surface area contributed by atoms with E-state index in [2.05, 4.69) is 15.9 Å². The van der Waals surface area contributed by atoms with Gasteiger partial charge in [-0.15, -0.1) is 0 Å². The van der Waals surface area contributed by atoms with E-state index in [1.54, 1.807) is 18.2 Å². The zero-order valence-electron chi connectivity index (χ0n) is 8.91. The highest BCUT2D eigenvalue weighted by Gasteiger charge is 2.18. The molecular weight excluding hydrogens is 343 g/mol. The number of alkyl halides is 1. The van der Waals surface area contributed by atoms with Gasteiger partial charge in [0, 0.05) is 10.6 Å². The summed E-state index contributed by atoms with van der Waals surface area (Å²) in [5.41, 5.74) is 0.726. The van der Waals surface area contributed by atoms with Gasteiger partial charge in [0.05, 0.1) is 10.4 Å². The zero-order valence-corrected chi connectivity index (χ0v) is 12.0. The van der Waals surface area contributed by atoms with E-state index in [1.807, 2.05) is 0 Å². The largest absolute Gasteiger partial charge is 0.478 e. The highest BCUT2D eigenvalue weighted by molar-refractivity contribution is 9.08. The molecule has 1 heterocycles. The molecule has 2 aromatic rings. The maximum atomic E-state index is 11.0. The summed E-state index contributed by atoms with van der Waals surface area (Å²) in [5.74, 6) is -0.281.